The number of hydrogen-bond acceptors (Lipinski definition) is 3. The minimum absolute atomic E-state index is 0.0997. The van der Waals surface area contributed by atoms with E-state index in [0.717, 1.165) is 31.9 Å². The van der Waals surface area contributed by atoms with E-state index in [4.69, 9.17) is 0 Å². The summed E-state index contributed by atoms with van der Waals surface area (Å²) >= 11 is 0. The Kier molecular flexibility index (Phi) is 5.01. The predicted octanol–water partition coefficient (Wildman–Crippen LogP) is 3.31. The van der Waals surface area contributed by atoms with E-state index in [1.807, 2.05) is 23.1 Å². The van der Waals surface area contributed by atoms with Crippen LogP contribution in [0.5, 0.6) is 0 Å². The Balaban J connectivity index is 1.44. The molecule has 0 N–H and O–H groups in total. The highest BCUT2D eigenvalue weighted by Crippen LogP contribution is 2.42. The molecule has 0 aliphatic carbocycles. The first-order chi connectivity index (χ1) is 14.6. The Labute approximate surface area is 175 Å². The molecule has 0 spiro atoms. The van der Waals surface area contributed by atoms with Gasteiger partial charge in [0.2, 0.25) is 5.91 Å². The summed E-state index contributed by atoms with van der Waals surface area (Å²) in [6.45, 7) is 1.22. The summed E-state index contributed by atoms with van der Waals surface area (Å²) in [6.07, 6.45) is 6.94. The molecule has 30 heavy (non-hydrogen) atoms. The third-order valence-electron chi connectivity index (χ3n) is 7.02. The average Bonchev–Trinajstić information content (AvgIpc) is 2.77. The van der Waals surface area contributed by atoms with Crippen molar-refractivity contribution >= 4 is 11.8 Å². The van der Waals surface area contributed by atoms with Crippen molar-refractivity contribution < 1.29 is 14.0 Å². The third kappa shape index (κ3) is 3.48. The molecule has 156 valence electrons. The van der Waals surface area contributed by atoms with Crippen LogP contribution < -0.4 is 0 Å². The first kappa shape index (κ1) is 19.2. The number of fused-ring (bicyclic) bond motifs is 4. The van der Waals surface area contributed by atoms with E-state index in [1.54, 1.807) is 0 Å². The van der Waals surface area contributed by atoms with Gasteiger partial charge >= 0.3 is 0 Å². The van der Waals surface area contributed by atoms with E-state index in [-0.39, 0.29) is 35.7 Å². The molecule has 5 nitrogen and oxygen atoms in total. The van der Waals surface area contributed by atoms with Gasteiger partial charge in [0.1, 0.15) is 5.82 Å². The molecule has 5 rings (SSSR count). The zero-order chi connectivity index (χ0) is 20.7. The normalized spacial score (nSPS) is 28.2. The first-order valence-electron chi connectivity index (χ1n) is 10.8. The van der Waals surface area contributed by atoms with E-state index in [9.17, 15) is 14.0 Å². The second-order valence-electron chi connectivity index (χ2n) is 8.88. The lowest BCUT2D eigenvalue weighted by Crippen LogP contribution is -2.66. The topological polar surface area (TPSA) is 53.5 Å². The zero-order valence-electron chi connectivity index (χ0n) is 16.9. The molecule has 3 aliphatic rings. The molecule has 0 unspecified atom stereocenters. The molecule has 6 heteroatoms. The number of amides is 2. The largest absolute Gasteiger partial charge is 0.338 e. The van der Waals surface area contributed by atoms with Gasteiger partial charge in [-0.2, -0.15) is 0 Å². The number of aromatic nitrogens is 1. The first-order valence-corrected chi connectivity index (χ1v) is 10.8. The van der Waals surface area contributed by atoms with Crippen molar-refractivity contribution in [1.82, 2.24) is 14.8 Å². The van der Waals surface area contributed by atoms with Crippen LogP contribution in [0.15, 0.2) is 48.8 Å². The van der Waals surface area contributed by atoms with Crippen molar-refractivity contribution in [2.45, 2.75) is 44.2 Å². The average molecular weight is 407 g/mol. The fourth-order valence-corrected chi connectivity index (χ4v) is 5.77. The van der Waals surface area contributed by atoms with Gasteiger partial charge in [-0.05, 0) is 49.1 Å². The maximum atomic E-state index is 13.6. The molecule has 2 aromatic rings. The van der Waals surface area contributed by atoms with E-state index >= 15 is 0 Å². The number of halogens is 1. The summed E-state index contributed by atoms with van der Waals surface area (Å²) in [5.41, 5.74) is 1.52. The molecule has 0 saturated carbocycles. The Morgan fingerprint density at radius 3 is 2.73 bits per heavy atom. The Morgan fingerprint density at radius 1 is 1.13 bits per heavy atom. The minimum Gasteiger partial charge on any atom is -0.338 e. The summed E-state index contributed by atoms with van der Waals surface area (Å²) in [4.78, 5) is 33.9. The number of nitrogens with zero attached hydrogens (tertiary/aromatic N) is 3. The summed E-state index contributed by atoms with van der Waals surface area (Å²) in [6, 6.07) is 11.8. The highest BCUT2D eigenvalue weighted by Gasteiger charge is 2.49. The maximum absolute atomic E-state index is 13.6. The summed E-state index contributed by atoms with van der Waals surface area (Å²) in [5.74, 6) is 0.115. The summed E-state index contributed by atoms with van der Waals surface area (Å²) < 4.78 is 13.6. The number of likely N-dealkylation sites (tertiary alicyclic amines) is 1. The van der Waals surface area contributed by atoms with Crippen molar-refractivity contribution in [3.8, 4) is 0 Å². The molecule has 0 radical (unpaired) electrons. The summed E-state index contributed by atoms with van der Waals surface area (Å²) in [5, 5.41) is 0. The Bertz CT molecular complexity index is 950. The number of rotatable bonds is 3. The number of carbonyl (C=O) groups is 2. The molecule has 1 aromatic carbocycles. The van der Waals surface area contributed by atoms with Crippen LogP contribution in [-0.2, 0) is 11.2 Å². The fraction of sp³-hybridized carbons (Fsp3) is 0.458. The van der Waals surface area contributed by atoms with Crippen LogP contribution in [0, 0.1) is 17.7 Å². The highest BCUT2D eigenvalue weighted by atomic mass is 19.1. The SMILES string of the molecule is O=C(c1cncc(F)c1)N1C[C@H]2C[C@@H](C1)[C@H](Cc1ccccc1)N1C(=O)CCC[C@@H]21. The molecule has 3 aliphatic heterocycles. The molecule has 1 aromatic heterocycles. The molecular weight excluding hydrogens is 381 g/mol. The summed E-state index contributed by atoms with van der Waals surface area (Å²) in [7, 11) is 0. The lowest BCUT2D eigenvalue weighted by Gasteiger charge is -2.56. The van der Waals surface area contributed by atoms with Crippen LogP contribution in [0.3, 0.4) is 0 Å². The number of piperidine rings is 3. The van der Waals surface area contributed by atoms with Crippen LogP contribution in [0.25, 0.3) is 0 Å². The minimum atomic E-state index is -0.496. The predicted molar refractivity (Wildman–Crippen MR) is 110 cm³/mol. The number of pyridine rings is 1. The monoisotopic (exact) mass is 407 g/mol. The number of hydrogen-bond donors (Lipinski definition) is 0. The van der Waals surface area contributed by atoms with Crippen molar-refractivity contribution in [3.63, 3.8) is 0 Å². The van der Waals surface area contributed by atoms with Gasteiger partial charge in [-0.3, -0.25) is 14.6 Å². The maximum Gasteiger partial charge on any atom is 0.255 e. The van der Waals surface area contributed by atoms with Gasteiger partial charge in [-0.1, -0.05) is 30.3 Å². The smallest absolute Gasteiger partial charge is 0.255 e. The quantitative estimate of drug-likeness (QED) is 0.785. The van der Waals surface area contributed by atoms with E-state index in [2.05, 4.69) is 22.0 Å². The molecule has 2 bridgehead atoms. The van der Waals surface area contributed by atoms with Gasteiger partial charge < -0.3 is 9.80 Å². The van der Waals surface area contributed by atoms with Crippen LogP contribution in [0.2, 0.25) is 0 Å². The van der Waals surface area contributed by atoms with E-state index in [1.165, 1.54) is 17.8 Å². The lowest BCUT2D eigenvalue weighted by atomic mass is 9.70. The van der Waals surface area contributed by atoms with Gasteiger partial charge in [0.15, 0.2) is 0 Å². The van der Waals surface area contributed by atoms with Crippen molar-refractivity contribution in [2.75, 3.05) is 13.1 Å². The van der Waals surface area contributed by atoms with Gasteiger partial charge in [-0.15, -0.1) is 0 Å². The lowest BCUT2D eigenvalue weighted by molar-refractivity contribution is -0.151. The number of carbonyl (C=O) groups excluding carboxylic acids is 2. The third-order valence-corrected chi connectivity index (χ3v) is 7.02. The second-order valence-corrected chi connectivity index (χ2v) is 8.88. The Hall–Kier alpha value is -2.76. The molecule has 2 amide bonds. The standard InChI is InChI=1S/C24H26FN3O2/c25-20-11-17(12-26-13-20)24(30)27-14-18-10-19(15-27)22(9-16-5-2-1-3-6-16)28-21(18)7-4-8-23(28)29/h1-3,5-6,11-13,18-19,21-22H,4,7-10,14-15H2/t18-,19+,21+,22+/m1/s1. The van der Waals surface area contributed by atoms with Crippen LogP contribution >= 0.6 is 0 Å². The second kappa shape index (κ2) is 7.82. The molecular formula is C24H26FN3O2. The van der Waals surface area contributed by atoms with Crippen LogP contribution in [0.4, 0.5) is 4.39 Å². The van der Waals surface area contributed by atoms with Crippen molar-refractivity contribution in [1.29, 1.82) is 0 Å². The van der Waals surface area contributed by atoms with Gasteiger partial charge in [0.25, 0.3) is 5.91 Å². The van der Waals surface area contributed by atoms with Crippen LogP contribution in [0.1, 0.15) is 41.6 Å². The zero-order valence-corrected chi connectivity index (χ0v) is 16.9. The van der Waals surface area contributed by atoms with Crippen molar-refractivity contribution in [2.24, 2.45) is 11.8 Å². The van der Waals surface area contributed by atoms with Gasteiger partial charge in [-0.25, -0.2) is 4.39 Å². The van der Waals surface area contributed by atoms with Gasteiger partial charge in [0.05, 0.1) is 11.8 Å². The van der Waals surface area contributed by atoms with E-state index < -0.39 is 5.82 Å². The Morgan fingerprint density at radius 2 is 1.93 bits per heavy atom. The molecule has 3 saturated heterocycles. The molecule has 4 heterocycles. The van der Waals surface area contributed by atoms with E-state index in [0.29, 0.717) is 25.1 Å². The highest BCUT2D eigenvalue weighted by molar-refractivity contribution is 5.94. The number of benzene rings is 1. The molecule has 4 atom stereocenters. The van der Waals surface area contributed by atoms with Crippen LogP contribution in [-0.4, -0.2) is 51.8 Å². The molecule has 3 fully saturated rings. The van der Waals surface area contributed by atoms with Gasteiger partial charge in [0, 0.05) is 37.8 Å². The fourth-order valence-electron chi connectivity index (χ4n) is 5.77. The van der Waals surface area contributed by atoms with Crippen molar-refractivity contribution in [3.05, 3.63) is 65.7 Å².